The molecular formula is C22H23Cl2N3O5S. The van der Waals surface area contributed by atoms with Crippen molar-refractivity contribution in [2.24, 2.45) is 0 Å². The molecule has 0 spiro atoms. The molecule has 0 atom stereocenters. The number of carbonyl (C=O) groups is 1. The van der Waals surface area contributed by atoms with Crippen molar-refractivity contribution in [3.63, 3.8) is 0 Å². The zero-order valence-electron chi connectivity index (χ0n) is 18.1. The van der Waals surface area contributed by atoms with Gasteiger partial charge in [-0.1, -0.05) is 42.6 Å². The highest BCUT2D eigenvalue weighted by Gasteiger charge is 2.19. The van der Waals surface area contributed by atoms with Crippen LogP contribution in [0.2, 0.25) is 10.0 Å². The summed E-state index contributed by atoms with van der Waals surface area (Å²) in [5, 5.41) is 0.988. The number of fused-ring (bicyclic) bond motifs is 1. The molecule has 33 heavy (non-hydrogen) atoms. The topological polar surface area (TPSA) is 107 Å². The Balaban J connectivity index is 2.15. The van der Waals surface area contributed by atoms with Gasteiger partial charge in [0.1, 0.15) is 0 Å². The number of nitrogens with one attached hydrogen (secondary N) is 1. The maximum Gasteiger partial charge on any atom is 0.331 e. The summed E-state index contributed by atoms with van der Waals surface area (Å²) in [5.74, 6) is -1.01. The Kier molecular flexibility index (Phi) is 7.66. The van der Waals surface area contributed by atoms with Gasteiger partial charge in [-0.25, -0.2) is 17.9 Å². The van der Waals surface area contributed by atoms with Crippen LogP contribution in [0.15, 0.2) is 46.0 Å². The van der Waals surface area contributed by atoms with Gasteiger partial charge in [0.05, 0.1) is 23.2 Å². The molecule has 1 amide bonds. The van der Waals surface area contributed by atoms with Crippen molar-refractivity contribution >= 4 is 50.0 Å². The molecule has 0 unspecified atom stereocenters. The van der Waals surface area contributed by atoms with E-state index < -0.39 is 27.2 Å². The third-order valence-electron chi connectivity index (χ3n) is 5.16. The number of unbranched alkanes of at least 4 members (excludes halogenated alkanes) is 1. The highest BCUT2D eigenvalue weighted by Crippen LogP contribution is 2.22. The number of hydrogen-bond donors (Lipinski definition) is 1. The van der Waals surface area contributed by atoms with Crippen LogP contribution in [-0.2, 0) is 23.1 Å². The Morgan fingerprint density at radius 2 is 1.76 bits per heavy atom. The minimum absolute atomic E-state index is 0.00609. The number of nitrogens with zero attached hydrogens (tertiary/aromatic N) is 2. The fourth-order valence-corrected chi connectivity index (χ4v) is 5.03. The molecule has 11 heteroatoms. The molecule has 1 N–H and O–H groups in total. The van der Waals surface area contributed by atoms with E-state index in [0.717, 1.165) is 4.57 Å². The van der Waals surface area contributed by atoms with Gasteiger partial charge in [-0.2, -0.15) is 0 Å². The summed E-state index contributed by atoms with van der Waals surface area (Å²) in [6.07, 6.45) is 1.08. The minimum atomic E-state index is -3.80. The highest BCUT2D eigenvalue weighted by atomic mass is 35.5. The number of halogens is 2. The van der Waals surface area contributed by atoms with E-state index in [1.807, 2.05) is 11.6 Å². The molecule has 0 saturated heterocycles. The van der Waals surface area contributed by atoms with Crippen molar-refractivity contribution in [1.82, 2.24) is 13.9 Å². The van der Waals surface area contributed by atoms with Crippen molar-refractivity contribution in [3.05, 3.63) is 78.4 Å². The van der Waals surface area contributed by atoms with Crippen molar-refractivity contribution < 1.29 is 13.2 Å². The maximum absolute atomic E-state index is 13.1. The van der Waals surface area contributed by atoms with Crippen LogP contribution >= 0.6 is 23.2 Å². The Bertz CT molecular complexity index is 1440. The second-order valence-electron chi connectivity index (χ2n) is 7.49. The molecule has 1 aromatic heterocycles. The summed E-state index contributed by atoms with van der Waals surface area (Å²) >= 11 is 12.2. The number of hydrogen-bond acceptors (Lipinski definition) is 5. The van der Waals surface area contributed by atoms with E-state index in [1.165, 1.54) is 22.8 Å². The van der Waals surface area contributed by atoms with Gasteiger partial charge in [0.2, 0.25) is 10.0 Å². The number of aromatic nitrogens is 2. The first-order valence-corrected chi connectivity index (χ1v) is 12.7. The van der Waals surface area contributed by atoms with E-state index >= 15 is 0 Å². The molecule has 0 aliphatic heterocycles. The summed E-state index contributed by atoms with van der Waals surface area (Å²) in [6.45, 7) is 3.69. The molecule has 3 aromatic rings. The second-order valence-corrected chi connectivity index (χ2v) is 10.2. The molecule has 0 radical (unpaired) electrons. The summed E-state index contributed by atoms with van der Waals surface area (Å²) in [5.41, 5.74) is -0.290. The largest absolute Gasteiger partial charge is 0.331 e. The third-order valence-corrected chi connectivity index (χ3v) is 7.07. The fourth-order valence-electron chi connectivity index (χ4n) is 3.40. The lowest BCUT2D eigenvalue weighted by Gasteiger charge is -2.15. The number of benzene rings is 2. The number of sulfonamides is 1. The Morgan fingerprint density at radius 3 is 2.39 bits per heavy atom. The quantitative estimate of drug-likeness (QED) is 0.498. The Hall–Kier alpha value is -2.62. The zero-order chi connectivity index (χ0) is 24.3. The zero-order valence-corrected chi connectivity index (χ0v) is 20.4. The standard InChI is InChI=1S/C22H23Cl2N3O5S/c1-3-5-10-33(31,32)25-20(28)14-7-9-17-19(11-14)27(22(30)26(4-2)21(17)29)13-15-6-8-16(23)12-18(15)24/h6-9,11-12H,3-5,10,13H2,1-2H3,(H,25,28). The van der Waals surface area contributed by atoms with Crippen LogP contribution in [-0.4, -0.2) is 29.2 Å². The van der Waals surface area contributed by atoms with Gasteiger partial charge in [-0.3, -0.25) is 18.7 Å². The Morgan fingerprint density at radius 1 is 1.03 bits per heavy atom. The molecule has 0 fully saturated rings. The van der Waals surface area contributed by atoms with E-state index in [0.29, 0.717) is 28.5 Å². The third kappa shape index (κ3) is 5.48. The van der Waals surface area contributed by atoms with E-state index in [4.69, 9.17) is 23.2 Å². The van der Waals surface area contributed by atoms with E-state index in [-0.39, 0.29) is 35.3 Å². The molecule has 0 saturated carbocycles. The molecule has 0 bridgehead atoms. The lowest BCUT2D eigenvalue weighted by molar-refractivity contribution is 0.0981. The SMILES string of the molecule is CCCCS(=O)(=O)NC(=O)c1ccc2c(=O)n(CC)c(=O)n(Cc3ccc(Cl)cc3Cl)c2c1. The first kappa shape index (κ1) is 25.0. The van der Waals surface area contributed by atoms with Crippen molar-refractivity contribution in [1.29, 1.82) is 0 Å². The molecular weight excluding hydrogens is 489 g/mol. The van der Waals surface area contributed by atoms with Crippen LogP contribution in [0.1, 0.15) is 42.6 Å². The molecule has 3 rings (SSSR count). The van der Waals surface area contributed by atoms with Gasteiger partial charge in [-0.15, -0.1) is 0 Å². The molecule has 0 aliphatic carbocycles. The van der Waals surface area contributed by atoms with Gasteiger partial charge in [0.25, 0.3) is 11.5 Å². The van der Waals surface area contributed by atoms with Gasteiger partial charge >= 0.3 is 5.69 Å². The second kappa shape index (κ2) is 10.1. The predicted molar refractivity (Wildman–Crippen MR) is 130 cm³/mol. The van der Waals surface area contributed by atoms with E-state index in [2.05, 4.69) is 0 Å². The maximum atomic E-state index is 13.1. The normalized spacial score (nSPS) is 11.6. The molecule has 2 aromatic carbocycles. The number of rotatable bonds is 8. The van der Waals surface area contributed by atoms with Crippen LogP contribution < -0.4 is 16.0 Å². The summed E-state index contributed by atoms with van der Waals surface area (Å²) < 4.78 is 28.7. The molecule has 0 aliphatic rings. The summed E-state index contributed by atoms with van der Waals surface area (Å²) in [4.78, 5) is 38.6. The number of carbonyl (C=O) groups excluding carboxylic acids is 1. The monoisotopic (exact) mass is 511 g/mol. The number of amides is 1. The van der Waals surface area contributed by atoms with Crippen LogP contribution in [0.5, 0.6) is 0 Å². The van der Waals surface area contributed by atoms with Gasteiger partial charge in [0, 0.05) is 22.2 Å². The fraction of sp³-hybridized carbons (Fsp3) is 0.318. The Labute approximate surface area is 200 Å². The molecule has 8 nitrogen and oxygen atoms in total. The lowest BCUT2D eigenvalue weighted by atomic mass is 10.1. The average molecular weight is 512 g/mol. The van der Waals surface area contributed by atoms with E-state index in [1.54, 1.807) is 25.1 Å². The van der Waals surface area contributed by atoms with Crippen LogP contribution in [0.4, 0.5) is 0 Å². The van der Waals surface area contributed by atoms with Gasteiger partial charge in [-0.05, 0) is 49.2 Å². The van der Waals surface area contributed by atoms with Crippen molar-refractivity contribution in [2.45, 2.75) is 39.8 Å². The van der Waals surface area contributed by atoms with Crippen LogP contribution in [0, 0.1) is 0 Å². The molecule has 176 valence electrons. The smallest absolute Gasteiger partial charge is 0.289 e. The van der Waals surface area contributed by atoms with Crippen molar-refractivity contribution in [2.75, 3.05) is 5.75 Å². The van der Waals surface area contributed by atoms with Gasteiger partial charge in [0.15, 0.2) is 0 Å². The highest BCUT2D eigenvalue weighted by molar-refractivity contribution is 7.90. The first-order valence-electron chi connectivity index (χ1n) is 10.3. The predicted octanol–water partition coefficient (Wildman–Crippen LogP) is 3.40. The summed E-state index contributed by atoms with van der Waals surface area (Å²) in [6, 6.07) is 8.95. The van der Waals surface area contributed by atoms with Gasteiger partial charge < -0.3 is 0 Å². The van der Waals surface area contributed by atoms with Crippen molar-refractivity contribution in [3.8, 4) is 0 Å². The van der Waals surface area contributed by atoms with E-state index in [9.17, 15) is 22.8 Å². The molecule has 1 heterocycles. The minimum Gasteiger partial charge on any atom is -0.289 e. The average Bonchev–Trinajstić information content (AvgIpc) is 2.76. The first-order chi connectivity index (χ1) is 15.6. The summed E-state index contributed by atoms with van der Waals surface area (Å²) in [7, 11) is -3.80. The van der Waals surface area contributed by atoms with Crippen LogP contribution in [0.25, 0.3) is 10.9 Å². The lowest BCUT2D eigenvalue weighted by Crippen LogP contribution is -2.40. The van der Waals surface area contributed by atoms with Crippen LogP contribution in [0.3, 0.4) is 0 Å².